The smallest absolute Gasteiger partial charge is 0.269 e. The molecule has 2 aromatic rings. The fourth-order valence-corrected chi connectivity index (χ4v) is 4.43. The Kier molecular flexibility index (Phi) is 3.63. The van der Waals surface area contributed by atoms with Crippen LogP contribution in [0.2, 0.25) is 0 Å². The third-order valence-electron chi connectivity index (χ3n) is 5.92. The van der Waals surface area contributed by atoms with Gasteiger partial charge in [-0.05, 0) is 57.0 Å². The summed E-state index contributed by atoms with van der Waals surface area (Å²) in [4.78, 5) is 15.1. The summed E-state index contributed by atoms with van der Waals surface area (Å²) in [5.74, 6) is 1.36. The third kappa shape index (κ3) is 2.63. The van der Waals surface area contributed by atoms with E-state index >= 15 is 0 Å². The van der Waals surface area contributed by atoms with E-state index < -0.39 is 0 Å². The molecule has 2 unspecified atom stereocenters. The molecule has 1 aromatic carbocycles. The molecule has 5 rings (SSSR count). The van der Waals surface area contributed by atoms with Gasteiger partial charge in [0.1, 0.15) is 5.69 Å². The number of piperidine rings is 1. The van der Waals surface area contributed by atoms with Crippen molar-refractivity contribution < 1.29 is 14.3 Å². The minimum absolute atomic E-state index is 0.0848. The Morgan fingerprint density at radius 3 is 2.77 bits per heavy atom. The second-order valence-electron chi connectivity index (χ2n) is 7.43. The van der Waals surface area contributed by atoms with Crippen LogP contribution in [0.4, 0.5) is 0 Å². The number of carbonyl (C=O) groups excluding carboxylic acids is 1. The van der Waals surface area contributed by atoms with Gasteiger partial charge < -0.3 is 19.7 Å². The standard InChI is InChI=1S/C19H22N4O3/c1-23-13-3-4-14(23)8-12(7-13)20-19(24)16-9-15(21-22-16)11-2-5-17-18(6-11)26-10-25-17/h2,5-6,9,12-14H,3-4,7-8,10H2,1H3,(H,20,24)(H,21,22). The molecule has 7 nitrogen and oxygen atoms in total. The van der Waals surface area contributed by atoms with Gasteiger partial charge in [-0.3, -0.25) is 9.89 Å². The van der Waals surface area contributed by atoms with Crippen LogP contribution in [0.15, 0.2) is 24.3 Å². The van der Waals surface area contributed by atoms with Crippen molar-refractivity contribution in [1.29, 1.82) is 0 Å². The average molecular weight is 354 g/mol. The Bertz CT molecular complexity index is 835. The van der Waals surface area contributed by atoms with Crippen LogP contribution in [0.25, 0.3) is 11.3 Å². The lowest BCUT2D eigenvalue weighted by molar-refractivity contribution is 0.0877. The third-order valence-corrected chi connectivity index (χ3v) is 5.92. The summed E-state index contributed by atoms with van der Waals surface area (Å²) in [6.45, 7) is 0.242. The van der Waals surface area contributed by atoms with Crippen LogP contribution in [0, 0.1) is 0 Å². The summed E-state index contributed by atoms with van der Waals surface area (Å²) in [6.07, 6.45) is 4.54. The predicted molar refractivity (Wildman–Crippen MR) is 95.2 cm³/mol. The van der Waals surface area contributed by atoms with Crippen LogP contribution in [0.5, 0.6) is 11.5 Å². The lowest BCUT2D eigenvalue weighted by Crippen LogP contribution is -2.48. The molecule has 1 aromatic heterocycles. The van der Waals surface area contributed by atoms with E-state index in [0.29, 0.717) is 23.5 Å². The maximum atomic E-state index is 12.6. The van der Waals surface area contributed by atoms with Gasteiger partial charge in [0.05, 0.1) is 5.69 Å². The Morgan fingerprint density at radius 2 is 1.96 bits per heavy atom. The Labute approximate surface area is 151 Å². The van der Waals surface area contributed by atoms with Crippen LogP contribution < -0.4 is 14.8 Å². The van der Waals surface area contributed by atoms with E-state index in [9.17, 15) is 4.79 Å². The molecule has 2 fully saturated rings. The molecular weight excluding hydrogens is 332 g/mol. The summed E-state index contributed by atoms with van der Waals surface area (Å²) >= 11 is 0. The largest absolute Gasteiger partial charge is 0.454 e. The highest BCUT2D eigenvalue weighted by atomic mass is 16.7. The summed E-state index contributed by atoms with van der Waals surface area (Å²) in [7, 11) is 2.20. The minimum atomic E-state index is -0.0848. The first-order valence-electron chi connectivity index (χ1n) is 9.15. The van der Waals surface area contributed by atoms with Gasteiger partial charge in [0, 0.05) is 23.7 Å². The summed E-state index contributed by atoms with van der Waals surface area (Å²) in [5.41, 5.74) is 2.10. The zero-order valence-electron chi connectivity index (χ0n) is 14.7. The van der Waals surface area contributed by atoms with Gasteiger partial charge in [-0.15, -0.1) is 0 Å². The highest BCUT2D eigenvalue weighted by molar-refractivity contribution is 5.93. The van der Waals surface area contributed by atoms with Crippen molar-refractivity contribution in [2.24, 2.45) is 0 Å². The molecule has 2 saturated heterocycles. The lowest BCUT2D eigenvalue weighted by Gasteiger charge is -2.36. The minimum Gasteiger partial charge on any atom is -0.454 e. The van der Waals surface area contributed by atoms with E-state index in [-0.39, 0.29) is 18.7 Å². The second-order valence-corrected chi connectivity index (χ2v) is 7.43. The molecule has 0 spiro atoms. The van der Waals surface area contributed by atoms with Crippen molar-refractivity contribution in [3.8, 4) is 22.8 Å². The first-order chi connectivity index (χ1) is 12.7. The SMILES string of the molecule is CN1C2CCC1CC(NC(=O)c1cc(-c3ccc4c(c3)OCO4)n[nH]1)C2. The number of aromatic nitrogens is 2. The average Bonchev–Trinajstić information content (AvgIpc) is 3.34. The number of benzene rings is 1. The van der Waals surface area contributed by atoms with E-state index in [0.717, 1.165) is 29.8 Å². The zero-order chi connectivity index (χ0) is 17.7. The number of amides is 1. The Hall–Kier alpha value is -2.54. The first kappa shape index (κ1) is 15.7. The molecule has 3 aliphatic rings. The van der Waals surface area contributed by atoms with Gasteiger partial charge in [-0.1, -0.05) is 0 Å². The first-order valence-corrected chi connectivity index (χ1v) is 9.15. The van der Waals surface area contributed by atoms with Gasteiger partial charge in [0.25, 0.3) is 5.91 Å². The molecule has 2 N–H and O–H groups in total. The molecule has 2 atom stereocenters. The maximum absolute atomic E-state index is 12.6. The van der Waals surface area contributed by atoms with Gasteiger partial charge in [-0.2, -0.15) is 5.10 Å². The number of hydrogen-bond acceptors (Lipinski definition) is 5. The van der Waals surface area contributed by atoms with E-state index in [4.69, 9.17) is 9.47 Å². The Morgan fingerprint density at radius 1 is 1.19 bits per heavy atom. The summed E-state index contributed by atoms with van der Waals surface area (Å²) in [5, 5.41) is 10.3. The van der Waals surface area contributed by atoms with Gasteiger partial charge >= 0.3 is 0 Å². The highest BCUT2D eigenvalue weighted by Gasteiger charge is 2.38. The number of ether oxygens (including phenoxy) is 2. The van der Waals surface area contributed by atoms with Crippen molar-refractivity contribution in [3.63, 3.8) is 0 Å². The number of H-pyrrole nitrogens is 1. The molecule has 0 saturated carbocycles. The number of aromatic amines is 1. The molecule has 26 heavy (non-hydrogen) atoms. The normalized spacial score (nSPS) is 26.9. The van der Waals surface area contributed by atoms with Crippen LogP contribution in [-0.4, -0.2) is 53.0 Å². The molecule has 4 heterocycles. The predicted octanol–water partition coefficient (Wildman–Crippen LogP) is 2.16. The van der Waals surface area contributed by atoms with Crippen molar-refractivity contribution in [1.82, 2.24) is 20.4 Å². The van der Waals surface area contributed by atoms with Gasteiger partial charge in [0.2, 0.25) is 6.79 Å². The monoisotopic (exact) mass is 354 g/mol. The zero-order valence-corrected chi connectivity index (χ0v) is 14.7. The van der Waals surface area contributed by atoms with Crippen molar-refractivity contribution in [3.05, 3.63) is 30.0 Å². The molecular formula is C19H22N4O3. The maximum Gasteiger partial charge on any atom is 0.269 e. The summed E-state index contributed by atoms with van der Waals surface area (Å²) in [6, 6.07) is 8.90. The van der Waals surface area contributed by atoms with Crippen LogP contribution in [0.3, 0.4) is 0 Å². The Balaban J connectivity index is 1.29. The fourth-order valence-electron chi connectivity index (χ4n) is 4.43. The van der Waals surface area contributed by atoms with Gasteiger partial charge in [-0.25, -0.2) is 0 Å². The highest BCUT2D eigenvalue weighted by Crippen LogP contribution is 2.36. The number of nitrogens with one attached hydrogen (secondary N) is 2. The molecule has 3 aliphatic heterocycles. The number of carbonyl (C=O) groups is 1. The molecule has 2 bridgehead atoms. The lowest BCUT2D eigenvalue weighted by atomic mass is 9.98. The van der Waals surface area contributed by atoms with Crippen molar-refractivity contribution in [2.75, 3.05) is 13.8 Å². The van der Waals surface area contributed by atoms with Crippen LogP contribution in [0.1, 0.15) is 36.2 Å². The van der Waals surface area contributed by atoms with E-state index in [1.54, 1.807) is 6.07 Å². The molecule has 136 valence electrons. The van der Waals surface area contributed by atoms with E-state index in [1.165, 1.54) is 12.8 Å². The van der Waals surface area contributed by atoms with E-state index in [2.05, 4.69) is 27.5 Å². The number of nitrogens with zero attached hydrogens (tertiary/aromatic N) is 2. The van der Waals surface area contributed by atoms with E-state index in [1.807, 2.05) is 18.2 Å². The molecule has 0 aliphatic carbocycles. The van der Waals surface area contributed by atoms with Crippen LogP contribution in [-0.2, 0) is 0 Å². The topological polar surface area (TPSA) is 79.5 Å². The molecule has 1 amide bonds. The quantitative estimate of drug-likeness (QED) is 0.883. The van der Waals surface area contributed by atoms with Crippen LogP contribution >= 0.6 is 0 Å². The van der Waals surface area contributed by atoms with Crippen molar-refractivity contribution >= 4 is 5.91 Å². The summed E-state index contributed by atoms with van der Waals surface area (Å²) < 4.78 is 10.7. The second kappa shape index (κ2) is 6.02. The molecule has 0 radical (unpaired) electrons. The number of fused-ring (bicyclic) bond motifs is 3. The number of rotatable bonds is 3. The molecule has 7 heteroatoms. The fraction of sp³-hybridized carbons (Fsp3) is 0.474. The van der Waals surface area contributed by atoms with Crippen molar-refractivity contribution in [2.45, 2.75) is 43.8 Å². The van der Waals surface area contributed by atoms with Gasteiger partial charge in [0.15, 0.2) is 11.5 Å². The number of hydrogen-bond donors (Lipinski definition) is 2.